The molecule has 0 saturated heterocycles. The highest BCUT2D eigenvalue weighted by atomic mass is 16.2. The zero-order chi connectivity index (χ0) is 18.5. The SMILES string of the molecule is N#Cc1cccc(C[C@@H](NC(=O)c2ccc3ccccc3c2)C(N)=O)c1. The summed E-state index contributed by atoms with van der Waals surface area (Å²) in [6.07, 6.45) is 0.226. The summed E-state index contributed by atoms with van der Waals surface area (Å²) < 4.78 is 0. The van der Waals surface area contributed by atoms with E-state index in [9.17, 15) is 9.59 Å². The van der Waals surface area contributed by atoms with Crippen molar-refractivity contribution in [2.45, 2.75) is 12.5 Å². The first-order valence-electron chi connectivity index (χ1n) is 8.15. The van der Waals surface area contributed by atoms with Crippen LogP contribution in [0.15, 0.2) is 66.7 Å². The van der Waals surface area contributed by atoms with E-state index in [-0.39, 0.29) is 12.3 Å². The maximum atomic E-state index is 12.5. The van der Waals surface area contributed by atoms with Gasteiger partial charge in [-0.1, -0.05) is 42.5 Å². The number of benzene rings is 3. The zero-order valence-corrected chi connectivity index (χ0v) is 14.0. The van der Waals surface area contributed by atoms with Crippen LogP contribution < -0.4 is 11.1 Å². The molecule has 128 valence electrons. The molecule has 3 N–H and O–H groups in total. The van der Waals surface area contributed by atoms with Crippen molar-refractivity contribution >= 4 is 22.6 Å². The molecule has 0 aliphatic carbocycles. The van der Waals surface area contributed by atoms with Gasteiger partial charge in [-0.2, -0.15) is 5.26 Å². The Balaban J connectivity index is 1.79. The van der Waals surface area contributed by atoms with E-state index >= 15 is 0 Å². The number of carbonyl (C=O) groups excluding carboxylic acids is 2. The van der Waals surface area contributed by atoms with Gasteiger partial charge in [-0.3, -0.25) is 9.59 Å². The van der Waals surface area contributed by atoms with Crippen molar-refractivity contribution in [1.29, 1.82) is 5.26 Å². The van der Waals surface area contributed by atoms with Gasteiger partial charge in [0.15, 0.2) is 0 Å². The van der Waals surface area contributed by atoms with Gasteiger partial charge in [0.05, 0.1) is 11.6 Å². The molecule has 2 amide bonds. The Labute approximate surface area is 151 Å². The third kappa shape index (κ3) is 3.87. The number of rotatable bonds is 5. The summed E-state index contributed by atoms with van der Waals surface area (Å²) in [6, 6.07) is 21.1. The van der Waals surface area contributed by atoms with Gasteiger partial charge in [-0.25, -0.2) is 0 Å². The molecule has 5 nitrogen and oxygen atoms in total. The van der Waals surface area contributed by atoms with Gasteiger partial charge in [0, 0.05) is 12.0 Å². The molecule has 0 aliphatic heterocycles. The molecule has 0 fully saturated rings. The number of hydrogen-bond donors (Lipinski definition) is 2. The molecule has 3 rings (SSSR count). The van der Waals surface area contributed by atoms with Crippen LogP contribution in [0.2, 0.25) is 0 Å². The van der Waals surface area contributed by atoms with E-state index in [4.69, 9.17) is 11.0 Å². The molecule has 0 spiro atoms. The molecule has 0 bridgehead atoms. The summed E-state index contributed by atoms with van der Waals surface area (Å²) in [4.78, 5) is 24.3. The second kappa shape index (κ2) is 7.49. The molecule has 0 saturated carbocycles. The Kier molecular flexibility index (Phi) is 4.95. The molecule has 1 atom stereocenters. The van der Waals surface area contributed by atoms with Gasteiger partial charge < -0.3 is 11.1 Å². The van der Waals surface area contributed by atoms with Gasteiger partial charge >= 0.3 is 0 Å². The number of nitriles is 1. The molecular weight excluding hydrogens is 326 g/mol. The van der Waals surface area contributed by atoms with Crippen LogP contribution in [0.25, 0.3) is 10.8 Å². The fraction of sp³-hybridized carbons (Fsp3) is 0.0952. The number of nitrogens with one attached hydrogen (secondary N) is 1. The smallest absolute Gasteiger partial charge is 0.251 e. The van der Waals surface area contributed by atoms with Gasteiger partial charge in [0.1, 0.15) is 6.04 Å². The number of nitrogens with zero attached hydrogens (tertiary/aromatic N) is 1. The molecule has 0 radical (unpaired) electrons. The van der Waals surface area contributed by atoms with Crippen LogP contribution in [0, 0.1) is 11.3 Å². The van der Waals surface area contributed by atoms with Crippen LogP contribution in [-0.2, 0) is 11.2 Å². The van der Waals surface area contributed by atoms with Crippen LogP contribution >= 0.6 is 0 Å². The van der Waals surface area contributed by atoms with E-state index in [2.05, 4.69) is 5.32 Å². The van der Waals surface area contributed by atoms with E-state index in [1.165, 1.54) is 0 Å². The van der Waals surface area contributed by atoms with Crippen molar-refractivity contribution in [2.75, 3.05) is 0 Å². The molecule has 0 heterocycles. The minimum atomic E-state index is -0.858. The number of amides is 2. The van der Waals surface area contributed by atoms with E-state index in [0.717, 1.165) is 16.3 Å². The summed E-state index contributed by atoms with van der Waals surface area (Å²) >= 11 is 0. The summed E-state index contributed by atoms with van der Waals surface area (Å²) in [5.74, 6) is -0.988. The molecule has 3 aromatic rings. The molecule has 3 aromatic carbocycles. The van der Waals surface area contributed by atoms with Crippen LogP contribution in [-0.4, -0.2) is 17.9 Å². The quantitative estimate of drug-likeness (QED) is 0.745. The van der Waals surface area contributed by atoms with Crippen LogP contribution in [0.5, 0.6) is 0 Å². The summed E-state index contributed by atoms with van der Waals surface area (Å²) in [5.41, 5.74) is 7.16. The number of primary amides is 1. The Hall–Kier alpha value is -3.65. The van der Waals surface area contributed by atoms with E-state index in [1.807, 2.05) is 36.4 Å². The molecule has 0 aromatic heterocycles. The lowest BCUT2D eigenvalue weighted by Crippen LogP contribution is -2.45. The van der Waals surface area contributed by atoms with Crippen molar-refractivity contribution in [3.05, 3.63) is 83.4 Å². The summed E-state index contributed by atoms with van der Waals surface area (Å²) in [7, 11) is 0. The van der Waals surface area contributed by atoms with Crippen molar-refractivity contribution < 1.29 is 9.59 Å². The second-order valence-electron chi connectivity index (χ2n) is 6.01. The lowest BCUT2D eigenvalue weighted by atomic mass is 10.0. The highest BCUT2D eigenvalue weighted by Gasteiger charge is 2.19. The highest BCUT2D eigenvalue weighted by Crippen LogP contribution is 2.16. The third-order valence-corrected chi connectivity index (χ3v) is 4.16. The minimum Gasteiger partial charge on any atom is -0.368 e. The minimum absolute atomic E-state index is 0.226. The molecule has 0 unspecified atom stereocenters. The van der Waals surface area contributed by atoms with Gasteiger partial charge in [0.25, 0.3) is 5.91 Å². The van der Waals surface area contributed by atoms with Crippen LogP contribution in [0.1, 0.15) is 21.5 Å². The van der Waals surface area contributed by atoms with Gasteiger partial charge in [0.2, 0.25) is 5.91 Å². The number of carbonyl (C=O) groups is 2. The molecule has 26 heavy (non-hydrogen) atoms. The van der Waals surface area contributed by atoms with Gasteiger partial charge in [-0.15, -0.1) is 0 Å². The molecular formula is C21H17N3O2. The predicted molar refractivity (Wildman–Crippen MR) is 99.3 cm³/mol. The fourth-order valence-corrected chi connectivity index (χ4v) is 2.80. The van der Waals surface area contributed by atoms with E-state index < -0.39 is 11.9 Å². The van der Waals surface area contributed by atoms with Gasteiger partial charge in [-0.05, 0) is 40.6 Å². The topological polar surface area (TPSA) is 96.0 Å². The van der Waals surface area contributed by atoms with Crippen molar-refractivity contribution in [2.24, 2.45) is 5.73 Å². The molecule has 0 aliphatic rings. The maximum Gasteiger partial charge on any atom is 0.251 e. The Morgan fingerprint density at radius 1 is 1.00 bits per heavy atom. The van der Waals surface area contributed by atoms with Crippen molar-refractivity contribution in [3.8, 4) is 6.07 Å². The predicted octanol–water partition coefficient (Wildman–Crippen LogP) is 2.54. The first kappa shape index (κ1) is 17.2. The fourth-order valence-electron chi connectivity index (χ4n) is 2.80. The largest absolute Gasteiger partial charge is 0.368 e. The Morgan fingerprint density at radius 3 is 2.50 bits per heavy atom. The lowest BCUT2D eigenvalue weighted by Gasteiger charge is -2.16. The monoisotopic (exact) mass is 343 g/mol. The lowest BCUT2D eigenvalue weighted by molar-refractivity contribution is -0.119. The van der Waals surface area contributed by atoms with Crippen LogP contribution in [0.3, 0.4) is 0 Å². The standard InChI is InChI=1S/C21H17N3O2/c22-13-15-5-3-4-14(10-15)11-19(20(23)25)24-21(26)18-9-8-16-6-1-2-7-17(16)12-18/h1-10,12,19H,11H2,(H2,23,25)(H,24,26)/t19-/m1/s1. The van der Waals surface area contributed by atoms with E-state index in [1.54, 1.807) is 36.4 Å². The van der Waals surface area contributed by atoms with Crippen LogP contribution in [0.4, 0.5) is 0 Å². The second-order valence-corrected chi connectivity index (χ2v) is 6.01. The number of hydrogen-bond acceptors (Lipinski definition) is 3. The van der Waals surface area contributed by atoms with Crippen molar-refractivity contribution in [3.63, 3.8) is 0 Å². The Bertz CT molecular complexity index is 1020. The zero-order valence-electron chi connectivity index (χ0n) is 14.0. The van der Waals surface area contributed by atoms with E-state index in [0.29, 0.717) is 11.1 Å². The highest BCUT2D eigenvalue weighted by molar-refractivity contribution is 6.00. The summed E-state index contributed by atoms with van der Waals surface area (Å²) in [6.45, 7) is 0. The first-order chi connectivity index (χ1) is 12.6. The average Bonchev–Trinajstić information content (AvgIpc) is 2.67. The summed E-state index contributed by atoms with van der Waals surface area (Å²) in [5, 5.41) is 13.6. The first-order valence-corrected chi connectivity index (χ1v) is 8.15. The Morgan fingerprint density at radius 2 is 1.77 bits per heavy atom. The van der Waals surface area contributed by atoms with Crippen molar-refractivity contribution in [1.82, 2.24) is 5.32 Å². The number of fused-ring (bicyclic) bond motifs is 1. The number of nitrogens with two attached hydrogens (primary N) is 1. The maximum absolute atomic E-state index is 12.5. The average molecular weight is 343 g/mol. The molecule has 5 heteroatoms. The third-order valence-electron chi connectivity index (χ3n) is 4.16. The normalized spacial score (nSPS) is 11.5.